The maximum Gasteiger partial charge on any atom is 0.293 e. The molecule has 0 aliphatic carbocycles. The van der Waals surface area contributed by atoms with Gasteiger partial charge in [-0.1, -0.05) is 12.1 Å². The van der Waals surface area contributed by atoms with E-state index in [1.165, 1.54) is 11.3 Å². The summed E-state index contributed by atoms with van der Waals surface area (Å²) in [6, 6.07) is 8.84. The summed E-state index contributed by atoms with van der Waals surface area (Å²) in [5.41, 5.74) is 1.43. The zero-order valence-corrected chi connectivity index (χ0v) is 15.4. The van der Waals surface area contributed by atoms with Gasteiger partial charge in [0.05, 0.1) is 10.6 Å². The van der Waals surface area contributed by atoms with Crippen LogP contribution in [-0.4, -0.2) is 38.8 Å². The first kappa shape index (κ1) is 17.4. The third-order valence-electron chi connectivity index (χ3n) is 3.81. The van der Waals surface area contributed by atoms with E-state index in [0.717, 1.165) is 21.5 Å². The van der Waals surface area contributed by atoms with E-state index in [9.17, 15) is 14.4 Å². The quantitative estimate of drug-likeness (QED) is 0.655. The Labute approximate surface area is 161 Å². The first-order valence-electron chi connectivity index (χ1n) is 7.92. The first-order valence-corrected chi connectivity index (χ1v) is 9.61. The van der Waals surface area contributed by atoms with Crippen molar-refractivity contribution in [2.45, 2.75) is 6.42 Å². The van der Waals surface area contributed by atoms with E-state index in [0.29, 0.717) is 21.6 Å². The molecule has 1 aliphatic heterocycles. The Balaban J connectivity index is 1.39. The van der Waals surface area contributed by atoms with Gasteiger partial charge >= 0.3 is 0 Å². The Hall–Kier alpha value is -2.98. The summed E-state index contributed by atoms with van der Waals surface area (Å²) >= 11 is 2.36. The van der Waals surface area contributed by atoms with Crippen molar-refractivity contribution in [2.24, 2.45) is 0 Å². The molecule has 0 saturated carbocycles. The number of carbonyl (C=O) groups excluding carboxylic acids is 3. The lowest BCUT2D eigenvalue weighted by atomic mass is 10.2. The van der Waals surface area contributed by atoms with Crippen LogP contribution in [0.2, 0.25) is 0 Å². The smallest absolute Gasteiger partial charge is 0.293 e. The molecular weight excluding hydrogens is 388 g/mol. The lowest BCUT2D eigenvalue weighted by molar-refractivity contribution is -0.123. The summed E-state index contributed by atoms with van der Waals surface area (Å²) in [6.45, 7) is 0.00528. The molecule has 2 aromatic heterocycles. The number of rotatable bonds is 5. The van der Waals surface area contributed by atoms with Crippen molar-refractivity contribution in [2.75, 3.05) is 11.9 Å². The molecule has 0 atom stereocenters. The average Bonchev–Trinajstić information content (AvgIpc) is 3.37. The molecule has 0 bridgehead atoms. The zero-order valence-electron chi connectivity index (χ0n) is 13.7. The van der Waals surface area contributed by atoms with Crippen molar-refractivity contribution in [1.82, 2.24) is 15.2 Å². The Morgan fingerprint density at radius 2 is 2.11 bits per heavy atom. The molecule has 0 unspecified atom stereocenters. The van der Waals surface area contributed by atoms with Crippen molar-refractivity contribution < 1.29 is 19.0 Å². The maximum absolute atomic E-state index is 12.4. The maximum atomic E-state index is 12.4. The van der Waals surface area contributed by atoms with Crippen LogP contribution in [0.1, 0.15) is 11.3 Å². The fourth-order valence-corrected chi connectivity index (χ4v) is 4.12. The molecule has 3 amide bonds. The van der Waals surface area contributed by atoms with Gasteiger partial charge in [-0.3, -0.25) is 19.3 Å². The summed E-state index contributed by atoms with van der Waals surface area (Å²) in [5.74, 6) is -0.721. The van der Waals surface area contributed by atoms with E-state index in [1.807, 2.05) is 17.5 Å². The number of anilines is 1. The van der Waals surface area contributed by atoms with Gasteiger partial charge < -0.3 is 5.32 Å². The minimum absolute atomic E-state index is 0.00528. The lowest BCUT2D eigenvalue weighted by Crippen LogP contribution is -2.31. The minimum atomic E-state index is -0.381. The van der Waals surface area contributed by atoms with Gasteiger partial charge in [0.15, 0.2) is 5.52 Å². The zero-order chi connectivity index (χ0) is 18.8. The van der Waals surface area contributed by atoms with Crippen molar-refractivity contribution in [1.29, 1.82) is 0 Å². The van der Waals surface area contributed by atoms with E-state index in [2.05, 4.69) is 20.3 Å². The Bertz CT molecular complexity index is 1060. The molecule has 10 heteroatoms. The van der Waals surface area contributed by atoms with Crippen LogP contribution >= 0.6 is 23.1 Å². The van der Waals surface area contributed by atoms with Gasteiger partial charge in [0.2, 0.25) is 5.91 Å². The predicted octanol–water partition coefficient (Wildman–Crippen LogP) is 3.35. The number of amides is 3. The second kappa shape index (κ2) is 7.33. The highest BCUT2D eigenvalue weighted by atomic mass is 32.2. The van der Waals surface area contributed by atoms with Gasteiger partial charge in [-0.2, -0.15) is 0 Å². The molecule has 27 heavy (non-hydrogen) atoms. The standard InChI is InChI=1S/C17H12N4O4S2/c22-14(18-11-4-1-5-12-15(11)20-25-19-12)6-7-21-16(23)13(27-17(21)24)9-10-3-2-8-26-10/h1-5,8-9H,6-7H2,(H,18,22). The second-order valence-electron chi connectivity index (χ2n) is 5.58. The lowest BCUT2D eigenvalue weighted by Gasteiger charge is -2.12. The largest absolute Gasteiger partial charge is 0.324 e. The number of imide groups is 1. The third-order valence-corrected chi connectivity index (χ3v) is 5.54. The summed E-state index contributed by atoms with van der Waals surface area (Å²) in [4.78, 5) is 39.1. The molecular formula is C17H12N4O4S2. The summed E-state index contributed by atoms with van der Waals surface area (Å²) in [7, 11) is 0. The second-order valence-corrected chi connectivity index (χ2v) is 7.56. The van der Waals surface area contributed by atoms with E-state index >= 15 is 0 Å². The van der Waals surface area contributed by atoms with E-state index < -0.39 is 0 Å². The van der Waals surface area contributed by atoms with Gasteiger partial charge in [-0.05, 0) is 51.7 Å². The molecule has 1 aromatic carbocycles. The molecule has 1 saturated heterocycles. The van der Waals surface area contributed by atoms with Crippen molar-refractivity contribution in [3.63, 3.8) is 0 Å². The van der Waals surface area contributed by atoms with Crippen LogP contribution in [-0.2, 0) is 9.59 Å². The Morgan fingerprint density at radius 3 is 2.93 bits per heavy atom. The fourth-order valence-electron chi connectivity index (χ4n) is 2.53. The highest BCUT2D eigenvalue weighted by Gasteiger charge is 2.35. The first-order chi connectivity index (χ1) is 13.1. The monoisotopic (exact) mass is 400 g/mol. The Morgan fingerprint density at radius 1 is 1.22 bits per heavy atom. The highest BCUT2D eigenvalue weighted by Crippen LogP contribution is 2.33. The van der Waals surface area contributed by atoms with Crippen LogP contribution < -0.4 is 5.32 Å². The molecule has 3 aromatic rings. The molecule has 4 rings (SSSR count). The highest BCUT2D eigenvalue weighted by molar-refractivity contribution is 8.18. The molecule has 136 valence electrons. The van der Waals surface area contributed by atoms with Crippen LogP contribution in [0.4, 0.5) is 10.5 Å². The number of carbonyl (C=O) groups is 3. The molecule has 0 spiro atoms. The van der Waals surface area contributed by atoms with E-state index in [-0.39, 0.29) is 30.0 Å². The molecule has 0 radical (unpaired) electrons. The number of nitrogens with zero attached hydrogens (tertiary/aromatic N) is 3. The number of hydrogen-bond donors (Lipinski definition) is 1. The van der Waals surface area contributed by atoms with Gasteiger partial charge in [0.1, 0.15) is 5.52 Å². The summed E-state index contributed by atoms with van der Waals surface area (Å²) < 4.78 is 4.65. The van der Waals surface area contributed by atoms with Crippen LogP contribution in [0, 0.1) is 0 Å². The van der Waals surface area contributed by atoms with Crippen molar-refractivity contribution in [3.8, 4) is 0 Å². The molecule has 3 heterocycles. The van der Waals surface area contributed by atoms with Crippen molar-refractivity contribution in [3.05, 3.63) is 45.5 Å². The van der Waals surface area contributed by atoms with Crippen LogP contribution in [0.3, 0.4) is 0 Å². The van der Waals surface area contributed by atoms with Crippen LogP contribution in [0.25, 0.3) is 17.1 Å². The number of fused-ring (bicyclic) bond motifs is 1. The average molecular weight is 400 g/mol. The topological polar surface area (TPSA) is 105 Å². The summed E-state index contributed by atoms with van der Waals surface area (Å²) in [6.07, 6.45) is 1.67. The van der Waals surface area contributed by atoms with Crippen molar-refractivity contribution >= 4 is 62.9 Å². The molecule has 1 aliphatic rings. The third kappa shape index (κ3) is 3.62. The van der Waals surface area contributed by atoms with Gasteiger partial charge in [-0.15, -0.1) is 11.3 Å². The predicted molar refractivity (Wildman–Crippen MR) is 102 cm³/mol. The van der Waals surface area contributed by atoms with Gasteiger partial charge in [0, 0.05) is 17.8 Å². The fraction of sp³-hybridized carbons (Fsp3) is 0.118. The number of aromatic nitrogens is 2. The number of hydrogen-bond acceptors (Lipinski definition) is 8. The van der Waals surface area contributed by atoms with Crippen LogP contribution in [0.5, 0.6) is 0 Å². The number of nitrogens with one attached hydrogen (secondary N) is 1. The van der Waals surface area contributed by atoms with Crippen LogP contribution in [0.15, 0.2) is 45.2 Å². The SMILES string of the molecule is O=C(CCN1C(=O)SC(=Cc2cccs2)C1=O)Nc1cccc2nonc12. The summed E-state index contributed by atoms with van der Waals surface area (Å²) in [5, 5.41) is 11.7. The van der Waals surface area contributed by atoms with E-state index in [4.69, 9.17) is 0 Å². The molecule has 8 nitrogen and oxygen atoms in total. The van der Waals surface area contributed by atoms with Gasteiger partial charge in [-0.25, -0.2) is 4.63 Å². The van der Waals surface area contributed by atoms with Gasteiger partial charge in [0.25, 0.3) is 11.1 Å². The molecule has 1 N–H and O–H groups in total. The Kier molecular flexibility index (Phi) is 4.73. The normalized spacial score (nSPS) is 15.9. The number of thioether (sulfide) groups is 1. The molecule has 1 fully saturated rings. The minimum Gasteiger partial charge on any atom is -0.324 e. The number of thiophene rings is 1. The van der Waals surface area contributed by atoms with E-state index in [1.54, 1.807) is 24.3 Å². The number of benzene rings is 1.